The number of halogens is 1. The molecule has 1 atom stereocenters. The van der Waals surface area contributed by atoms with Crippen LogP contribution in [0.15, 0.2) is 59.8 Å². The third kappa shape index (κ3) is 3.75. The van der Waals surface area contributed by atoms with Crippen molar-refractivity contribution >= 4 is 34.3 Å². The van der Waals surface area contributed by atoms with Gasteiger partial charge in [0.05, 0.1) is 6.42 Å². The number of benzene rings is 2. The molecule has 2 aromatic carbocycles. The number of rotatable bonds is 6. The number of carbonyl (C=O) groups excluding carboxylic acids is 1. The highest BCUT2D eigenvalue weighted by atomic mass is 35.5. The minimum atomic E-state index is -0.877. The molecule has 138 valence electrons. The van der Waals surface area contributed by atoms with Crippen molar-refractivity contribution in [3.8, 4) is 0 Å². The summed E-state index contributed by atoms with van der Waals surface area (Å²) in [7, 11) is 0. The van der Waals surface area contributed by atoms with Crippen molar-refractivity contribution in [2.45, 2.75) is 19.1 Å². The summed E-state index contributed by atoms with van der Waals surface area (Å²) < 4.78 is 5.69. The molecule has 1 amide bonds. The molecule has 0 saturated carbocycles. The maximum atomic E-state index is 11.8. The fourth-order valence-electron chi connectivity index (χ4n) is 3.22. The van der Waals surface area contributed by atoms with E-state index in [1.807, 2.05) is 54.7 Å². The van der Waals surface area contributed by atoms with Gasteiger partial charge in [0.15, 0.2) is 0 Å². The Labute approximate surface area is 161 Å². The van der Waals surface area contributed by atoms with Crippen LogP contribution in [0.25, 0.3) is 10.9 Å². The number of aromatic nitrogens is 1. The minimum Gasteiger partial charge on any atom is -0.444 e. The monoisotopic (exact) mass is 382 g/mol. The highest BCUT2D eigenvalue weighted by Crippen LogP contribution is 2.24. The van der Waals surface area contributed by atoms with Gasteiger partial charge in [-0.3, -0.25) is 4.79 Å². The standard InChI is InChI=1S/C20H19ClN4O2/c21-15-6-7-17-16(11-15)14(12-23-17)8-9-25-20(19(22)26)27-18(24-25)10-13-4-2-1-3-5-13/h1-7,11-12,20,23H,8-10H2,(H2,22,26). The van der Waals surface area contributed by atoms with Crippen molar-refractivity contribution < 1.29 is 9.53 Å². The smallest absolute Gasteiger partial charge is 0.281 e. The summed E-state index contributed by atoms with van der Waals surface area (Å²) in [6.45, 7) is 0.505. The lowest BCUT2D eigenvalue weighted by Gasteiger charge is -2.18. The number of nitrogens with one attached hydrogen (secondary N) is 1. The molecular weight excluding hydrogens is 364 g/mol. The van der Waals surface area contributed by atoms with Gasteiger partial charge < -0.3 is 15.5 Å². The number of hydrazone groups is 1. The van der Waals surface area contributed by atoms with Crippen LogP contribution in [0.4, 0.5) is 0 Å². The van der Waals surface area contributed by atoms with Crippen LogP contribution in [0.2, 0.25) is 5.02 Å². The summed E-state index contributed by atoms with van der Waals surface area (Å²) >= 11 is 6.11. The molecule has 2 heterocycles. The van der Waals surface area contributed by atoms with Crippen molar-refractivity contribution in [3.63, 3.8) is 0 Å². The normalized spacial score (nSPS) is 16.4. The van der Waals surface area contributed by atoms with Crippen molar-refractivity contribution in [3.05, 3.63) is 70.9 Å². The Bertz CT molecular complexity index is 1000. The Morgan fingerprint density at radius 2 is 2.07 bits per heavy atom. The summed E-state index contributed by atoms with van der Waals surface area (Å²) in [5.41, 5.74) is 8.68. The topological polar surface area (TPSA) is 83.7 Å². The summed E-state index contributed by atoms with van der Waals surface area (Å²) in [5, 5.41) is 7.84. The number of hydrogen-bond donors (Lipinski definition) is 2. The Hall–Kier alpha value is -2.99. The van der Waals surface area contributed by atoms with E-state index in [1.54, 1.807) is 5.01 Å². The molecule has 0 bridgehead atoms. The van der Waals surface area contributed by atoms with Gasteiger partial charge in [-0.05, 0) is 35.7 Å². The molecule has 27 heavy (non-hydrogen) atoms. The third-order valence-electron chi connectivity index (χ3n) is 4.54. The number of nitrogens with two attached hydrogens (primary N) is 1. The van der Waals surface area contributed by atoms with E-state index in [-0.39, 0.29) is 0 Å². The summed E-state index contributed by atoms with van der Waals surface area (Å²) in [6, 6.07) is 15.6. The molecule has 3 aromatic rings. The lowest BCUT2D eigenvalue weighted by Crippen LogP contribution is -2.41. The second-order valence-electron chi connectivity index (χ2n) is 6.45. The number of fused-ring (bicyclic) bond motifs is 1. The highest BCUT2D eigenvalue weighted by molar-refractivity contribution is 6.31. The van der Waals surface area contributed by atoms with Crippen LogP contribution >= 0.6 is 11.6 Å². The molecule has 6 nitrogen and oxygen atoms in total. The van der Waals surface area contributed by atoms with Gasteiger partial charge in [-0.25, -0.2) is 5.01 Å². The zero-order chi connectivity index (χ0) is 18.8. The van der Waals surface area contributed by atoms with Gasteiger partial charge in [0, 0.05) is 28.7 Å². The number of carbonyl (C=O) groups is 1. The predicted octanol–water partition coefficient (Wildman–Crippen LogP) is 3.06. The van der Waals surface area contributed by atoms with Gasteiger partial charge in [0.1, 0.15) is 0 Å². The molecule has 0 spiro atoms. The van der Waals surface area contributed by atoms with Gasteiger partial charge >= 0.3 is 0 Å². The zero-order valence-corrected chi connectivity index (χ0v) is 15.3. The van der Waals surface area contributed by atoms with E-state index in [2.05, 4.69) is 10.1 Å². The van der Waals surface area contributed by atoms with Crippen LogP contribution in [0, 0.1) is 0 Å². The van der Waals surface area contributed by atoms with Gasteiger partial charge in [-0.2, -0.15) is 0 Å². The predicted molar refractivity (Wildman–Crippen MR) is 105 cm³/mol. The van der Waals surface area contributed by atoms with Crippen LogP contribution in [0.3, 0.4) is 0 Å². The van der Waals surface area contributed by atoms with Gasteiger partial charge in [-0.15, -0.1) is 5.10 Å². The second kappa shape index (κ2) is 7.32. The first-order chi connectivity index (χ1) is 13.1. The fourth-order valence-corrected chi connectivity index (χ4v) is 3.39. The molecule has 0 radical (unpaired) electrons. The Kier molecular flexibility index (Phi) is 4.73. The van der Waals surface area contributed by atoms with E-state index in [0.29, 0.717) is 30.3 Å². The average molecular weight is 383 g/mol. The maximum Gasteiger partial charge on any atom is 0.281 e. The highest BCUT2D eigenvalue weighted by Gasteiger charge is 2.32. The number of H-pyrrole nitrogens is 1. The largest absolute Gasteiger partial charge is 0.444 e. The fraction of sp³-hybridized carbons (Fsp3) is 0.200. The van der Waals surface area contributed by atoms with Crippen LogP contribution < -0.4 is 5.73 Å². The quantitative estimate of drug-likeness (QED) is 0.687. The Morgan fingerprint density at radius 3 is 2.85 bits per heavy atom. The Morgan fingerprint density at radius 1 is 1.26 bits per heavy atom. The van der Waals surface area contributed by atoms with E-state index >= 15 is 0 Å². The molecule has 1 aliphatic rings. The number of nitrogens with zero attached hydrogens (tertiary/aromatic N) is 2. The molecular formula is C20H19ClN4O2. The van der Waals surface area contributed by atoms with E-state index < -0.39 is 12.1 Å². The van der Waals surface area contributed by atoms with E-state index in [1.165, 1.54) is 0 Å². The van der Waals surface area contributed by atoms with Crippen molar-refractivity contribution in [2.75, 3.05) is 6.54 Å². The number of primary amides is 1. The SMILES string of the molecule is NC(=O)C1OC(Cc2ccccc2)=NN1CCc1c[nH]c2ccc(Cl)cc12. The van der Waals surface area contributed by atoms with Crippen LogP contribution in [-0.4, -0.2) is 34.6 Å². The maximum absolute atomic E-state index is 11.8. The summed E-state index contributed by atoms with van der Waals surface area (Å²) in [5.74, 6) is -0.0595. The number of ether oxygens (including phenoxy) is 1. The summed E-state index contributed by atoms with van der Waals surface area (Å²) in [6.07, 6.45) is 2.27. The first-order valence-electron chi connectivity index (χ1n) is 8.70. The molecule has 0 aliphatic carbocycles. The van der Waals surface area contributed by atoms with Crippen LogP contribution in [0.5, 0.6) is 0 Å². The summed E-state index contributed by atoms with van der Waals surface area (Å²) in [4.78, 5) is 15.0. The van der Waals surface area contributed by atoms with Gasteiger partial charge in [-0.1, -0.05) is 41.9 Å². The van der Waals surface area contributed by atoms with Gasteiger partial charge in [0.25, 0.3) is 12.1 Å². The molecule has 4 rings (SSSR count). The molecule has 1 aromatic heterocycles. The van der Waals surface area contributed by atoms with Crippen molar-refractivity contribution in [1.82, 2.24) is 9.99 Å². The number of aromatic amines is 1. The first kappa shape index (κ1) is 17.4. The molecule has 1 unspecified atom stereocenters. The minimum absolute atomic E-state index is 0.493. The second-order valence-corrected chi connectivity index (χ2v) is 6.88. The van der Waals surface area contributed by atoms with E-state index in [0.717, 1.165) is 22.0 Å². The average Bonchev–Trinajstić information content (AvgIpc) is 3.24. The van der Waals surface area contributed by atoms with E-state index in [4.69, 9.17) is 22.1 Å². The molecule has 7 heteroatoms. The number of hydrogen-bond acceptors (Lipinski definition) is 4. The molecule has 1 aliphatic heterocycles. The van der Waals surface area contributed by atoms with Crippen LogP contribution in [0.1, 0.15) is 11.1 Å². The zero-order valence-electron chi connectivity index (χ0n) is 14.6. The molecule has 3 N–H and O–H groups in total. The van der Waals surface area contributed by atoms with E-state index in [9.17, 15) is 4.79 Å². The Balaban J connectivity index is 1.49. The van der Waals surface area contributed by atoms with Crippen molar-refractivity contribution in [2.24, 2.45) is 10.8 Å². The van der Waals surface area contributed by atoms with Crippen molar-refractivity contribution in [1.29, 1.82) is 0 Å². The molecule has 0 saturated heterocycles. The third-order valence-corrected chi connectivity index (χ3v) is 4.77. The van der Waals surface area contributed by atoms with Gasteiger partial charge in [0.2, 0.25) is 5.90 Å². The lowest BCUT2D eigenvalue weighted by molar-refractivity contribution is -0.131. The lowest BCUT2D eigenvalue weighted by atomic mass is 10.1. The first-order valence-corrected chi connectivity index (χ1v) is 9.07. The number of amides is 1. The molecule has 0 fully saturated rings. The van der Waals surface area contributed by atoms with Crippen LogP contribution in [-0.2, 0) is 22.4 Å².